The largest absolute Gasteiger partial charge is 0.493 e. The molecule has 1 atom stereocenters. The van der Waals surface area contributed by atoms with Crippen LogP contribution in [0.3, 0.4) is 0 Å². The molecule has 0 spiro atoms. The number of benzene rings is 2. The molecule has 0 aliphatic carbocycles. The third-order valence-corrected chi connectivity index (χ3v) is 3.96. The van der Waals surface area contributed by atoms with Crippen molar-refractivity contribution < 1.29 is 28.7 Å². The standard InChI is InChI=1S/C20H22N2O7/c1-4-28-18-10-15(16(22(25)26)11-17(18)27-3)20(24)29-13(2)19(23)21-12-14-8-6-5-7-9-14/h5-11,13H,4,12H2,1-3H3,(H,21,23)/t13-/m1/s1. The van der Waals surface area contributed by atoms with E-state index in [2.05, 4.69) is 5.32 Å². The molecule has 0 unspecified atom stereocenters. The van der Waals surface area contributed by atoms with Crippen molar-refractivity contribution in [2.24, 2.45) is 0 Å². The molecule has 0 radical (unpaired) electrons. The Morgan fingerprint density at radius 2 is 1.86 bits per heavy atom. The lowest BCUT2D eigenvalue weighted by molar-refractivity contribution is -0.385. The third-order valence-electron chi connectivity index (χ3n) is 3.96. The highest BCUT2D eigenvalue weighted by Gasteiger charge is 2.28. The number of nitro groups is 1. The fourth-order valence-electron chi connectivity index (χ4n) is 2.50. The van der Waals surface area contributed by atoms with E-state index in [1.54, 1.807) is 6.92 Å². The normalized spacial score (nSPS) is 11.3. The quantitative estimate of drug-likeness (QED) is 0.389. The number of esters is 1. The van der Waals surface area contributed by atoms with Gasteiger partial charge in [-0.25, -0.2) is 4.79 Å². The Morgan fingerprint density at radius 3 is 2.45 bits per heavy atom. The third kappa shape index (κ3) is 5.68. The molecule has 2 aromatic rings. The van der Waals surface area contributed by atoms with Gasteiger partial charge in [0.05, 0.1) is 24.7 Å². The summed E-state index contributed by atoms with van der Waals surface area (Å²) in [4.78, 5) is 35.4. The Balaban J connectivity index is 2.14. The molecule has 0 bridgehead atoms. The maximum Gasteiger partial charge on any atom is 0.346 e. The number of carbonyl (C=O) groups is 2. The van der Waals surface area contributed by atoms with Crippen LogP contribution in [0.5, 0.6) is 11.5 Å². The predicted molar refractivity (Wildman–Crippen MR) is 104 cm³/mol. The Hall–Kier alpha value is -3.62. The topological polar surface area (TPSA) is 117 Å². The molecule has 0 saturated heterocycles. The Morgan fingerprint density at radius 1 is 1.17 bits per heavy atom. The monoisotopic (exact) mass is 402 g/mol. The minimum Gasteiger partial charge on any atom is -0.493 e. The number of methoxy groups -OCH3 is 1. The van der Waals surface area contributed by atoms with E-state index in [1.165, 1.54) is 20.1 Å². The summed E-state index contributed by atoms with van der Waals surface area (Å²) in [6.45, 7) is 3.63. The average molecular weight is 402 g/mol. The Kier molecular flexibility index (Phi) is 7.53. The van der Waals surface area contributed by atoms with Crippen molar-refractivity contribution in [3.8, 4) is 11.5 Å². The van der Waals surface area contributed by atoms with Crippen molar-refractivity contribution in [3.63, 3.8) is 0 Å². The van der Waals surface area contributed by atoms with E-state index in [-0.39, 0.29) is 30.2 Å². The summed E-state index contributed by atoms with van der Waals surface area (Å²) in [6, 6.07) is 11.5. The van der Waals surface area contributed by atoms with E-state index in [1.807, 2.05) is 30.3 Å². The van der Waals surface area contributed by atoms with Gasteiger partial charge in [-0.3, -0.25) is 14.9 Å². The first-order valence-corrected chi connectivity index (χ1v) is 8.89. The number of nitrogens with one attached hydrogen (secondary N) is 1. The molecule has 0 aliphatic heterocycles. The van der Waals surface area contributed by atoms with Crippen LogP contribution >= 0.6 is 0 Å². The summed E-state index contributed by atoms with van der Waals surface area (Å²) >= 11 is 0. The zero-order valence-corrected chi connectivity index (χ0v) is 16.3. The highest BCUT2D eigenvalue weighted by atomic mass is 16.6. The van der Waals surface area contributed by atoms with Gasteiger partial charge in [-0.2, -0.15) is 0 Å². The van der Waals surface area contributed by atoms with Crippen molar-refractivity contribution in [3.05, 3.63) is 63.7 Å². The minimum absolute atomic E-state index is 0.115. The second kappa shape index (κ2) is 10.1. The zero-order chi connectivity index (χ0) is 21.4. The molecule has 9 nitrogen and oxygen atoms in total. The molecule has 9 heteroatoms. The molecule has 29 heavy (non-hydrogen) atoms. The number of hydrogen-bond acceptors (Lipinski definition) is 7. The van der Waals surface area contributed by atoms with Crippen LogP contribution in [0.4, 0.5) is 5.69 Å². The molecule has 0 aliphatic rings. The number of carbonyl (C=O) groups excluding carboxylic acids is 2. The van der Waals surface area contributed by atoms with Gasteiger partial charge in [0.1, 0.15) is 5.56 Å². The fraction of sp³-hybridized carbons (Fsp3) is 0.300. The number of hydrogen-bond donors (Lipinski definition) is 1. The van der Waals surface area contributed by atoms with Crippen molar-refractivity contribution >= 4 is 17.6 Å². The van der Waals surface area contributed by atoms with Gasteiger partial charge < -0.3 is 19.5 Å². The van der Waals surface area contributed by atoms with Crippen molar-refractivity contribution in [2.75, 3.05) is 13.7 Å². The lowest BCUT2D eigenvalue weighted by Crippen LogP contribution is -2.35. The highest BCUT2D eigenvalue weighted by Crippen LogP contribution is 2.35. The summed E-state index contributed by atoms with van der Waals surface area (Å²) < 4.78 is 15.6. The minimum atomic E-state index is -1.15. The second-order valence-electron chi connectivity index (χ2n) is 5.96. The van der Waals surface area contributed by atoms with Crippen LogP contribution in [-0.2, 0) is 16.1 Å². The van der Waals surface area contributed by atoms with Gasteiger partial charge in [-0.1, -0.05) is 30.3 Å². The molecule has 1 amide bonds. The van der Waals surface area contributed by atoms with Gasteiger partial charge in [0.25, 0.3) is 11.6 Å². The summed E-state index contributed by atoms with van der Waals surface area (Å²) in [6.07, 6.45) is -1.15. The van der Waals surface area contributed by atoms with E-state index in [0.29, 0.717) is 0 Å². The first kappa shape index (κ1) is 21.7. The maximum absolute atomic E-state index is 12.5. The van der Waals surface area contributed by atoms with Crippen LogP contribution in [0, 0.1) is 10.1 Å². The number of nitro benzene ring substituents is 1. The molecule has 0 aromatic heterocycles. The average Bonchev–Trinajstić information content (AvgIpc) is 2.72. The molecule has 1 N–H and O–H groups in total. The Labute approximate surface area is 167 Å². The van der Waals surface area contributed by atoms with Crippen molar-refractivity contribution in [1.29, 1.82) is 0 Å². The summed E-state index contributed by atoms with van der Waals surface area (Å²) in [5.74, 6) is -1.26. The number of rotatable bonds is 9. The Bertz CT molecular complexity index is 884. The summed E-state index contributed by atoms with van der Waals surface area (Å²) in [5, 5.41) is 14.0. The summed E-state index contributed by atoms with van der Waals surface area (Å²) in [7, 11) is 1.33. The maximum atomic E-state index is 12.5. The molecule has 2 rings (SSSR count). The van der Waals surface area contributed by atoms with E-state index in [0.717, 1.165) is 11.6 Å². The van der Waals surface area contributed by atoms with Gasteiger partial charge in [0.15, 0.2) is 17.6 Å². The predicted octanol–water partition coefficient (Wildman–Crippen LogP) is 2.86. The van der Waals surface area contributed by atoms with E-state index < -0.39 is 28.6 Å². The molecule has 0 saturated carbocycles. The smallest absolute Gasteiger partial charge is 0.346 e. The summed E-state index contributed by atoms with van der Waals surface area (Å²) in [5.41, 5.74) is 0.0423. The number of ether oxygens (including phenoxy) is 3. The lowest BCUT2D eigenvalue weighted by Gasteiger charge is -2.15. The molecule has 0 heterocycles. The van der Waals surface area contributed by atoms with Gasteiger partial charge in [0, 0.05) is 12.6 Å². The fourth-order valence-corrected chi connectivity index (χ4v) is 2.50. The van der Waals surface area contributed by atoms with Crippen LogP contribution in [0.2, 0.25) is 0 Å². The van der Waals surface area contributed by atoms with Crippen LogP contribution in [0.25, 0.3) is 0 Å². The van der Waals surface area contributed by atoms with Gasteiger partial charge in [-0.15, -0.1) is 0 Å². The lowest BCUT2D eigenvalue weighted by atomic mass is 10.1. The van der Waals surface area contributed by atoms with Crippen LogP contribution in [0.1, 0.15) is 29.8 Å². The first-order chi connectivity index (χ1) is 13.9. The SMILES string of the molecule is CCOc1cc(C(=O)O[C@H](C)C(=O)NCc2ccccc2)c([N+](=O)[O-])cc1OC. The number of amides is 1. The van der Waals surface area contributed by atoms with E-state index >= 15 is 0 Å². The molecular weight excluding hydrogens is 380 g/mol. The number of nitrogens with zero attached hydrogens (tertiary/aromatic N) is 1. The molecular formula is C20H22N2O7. The highest BCUT2D eigenvalue weighted by molar-refractivity contribution is 5.96. The van der Waals surface area contributed by atoms with Gasteiger partial charge in [-0.05, 0) is 19.4 Å². The molecule has 0 fully saturated rings. The van der Waals surface area contributed by atoms with Gasteiger partial charge >= 0.3 is 5.97 Å². The van der Waals surface area contributed by atoms with Crippen LogP contribution < -0.4 is 14.8 Å². The van der Waals surface area contributed by atoms with Crippen LogP contribution in [0.15, 0.2) is 42.5 Å². The van der Waals surface area contributed by atoms with Gasteiger partial charge in [0.2, 0.25) is 0 Å². The van der Waals surface area contributed by atoms with E-state index in [9.17, 15) is 19.7 Å². The van der Waals surface area contributed by atoms with E-state index in [4.69, 9.17) is 14.2 Å². The zero-order valence-electron chi connectivity index (χ0n) is 16.3. The van der Waals surface area contributed by atoms with Crippen molar-refractivity contribution in [2.45, 2.75) is 26.5 Å². The molecule has 2 aromatic carbocycles. The second-order valence-corrected chi connectivity index (χ2v) is 5.96. The van der Waals surface area contributed by atoms with Crippen molar-refractivity contribution in [1.82, 2.24) is 5.32 Å². The van der Waals surface area contributed by atoms with Crippen LogP contribution in [-0.4, -0.2) is 36.6 Å². The molecule has 154 valence electrons. The first-order valence-electron chi connectivity index (χ1n) is 8.89.